The molecular weight excluding hydrogens is 372 g/mol. The molecule has 0 aliphatic carbocycles. The Morgan fingerprint density at radius 1 is 1.18 bits per heavy atom. The van der Waals surface area contributed by atoms with E-state index in [0.29, 0.717) is 29.3 Å². The maximum atomic E-state index is 11.8. The van der Waals surface area contributed by atoms with Crippen molar-refractivity contribution in [1.29, 1.82) is 10.5 Å². The number of hydrogen-bond acceptors (Lipinski definition) is 6. The molecule has 1 aromatic carbocycles. The summed E-state index contributed by atoms with van der Waals surface area (Å²) in [6.45, 7) is 6.45. The van der Waals surface area contributed by atoms with E-state index < -0.39 is 5.97 Å². The molecule has 0 fully saturated rings. The highest BCUT2D eigenvalue weighted by Gasteiger charge is 2.20. The van der Waals surface area contributed by atoms with E-state index in [2.05, 4.69) is 21.7 Å². The van der Waals surface area contributed by atoms with E-state index >= 15 is 0 Å². The number of thiazole rings is 1. The lowest BCUT2D eigenvalue weighted by Crippen LogP contribution is -2.03. The van der Waals surface area contributed by atoms with Crippen LogP contribution in [0.15, 0.2) is 30.5 Å². The standard InChI is InChI=1S/C21H18N4O2S/c1-4-27-21(26)20-24-11-17(28-20)12-25-13(2)18(10-23)19(14(25)3)16-7-5-15(9-22)6-8-16/h5-8,11H,4,12H2,1-3H3. The summed E-state index contributed by atoms with van der Waals surface area (Å²) >= 11 is 1.29. The average molecular weight is 390 g/mol. The molecule has 0 N–H and O–H groups in total. The summed E-state index contributed by atoms with van der Waals surface area (Å²) in [4.78, 5) is 16.9. The highest BCUT2D eigenvalue weighted by Crippen LogP contribution is 2.33. The number of benzene rings is 1. The Morgan fingerprint density at radius 3 is 2.50 bits per heavy atom. The number of nitriles is 2. The zero-order valence-electron chi connectivity index (χ0n) is 15.8. The summed E-state index contributed by atoms with van der Waals surface area (Å²) in [5, 5.41) is 19.0. The van der Waals surface area contributed by atoms with Gasteiger partial charge in [-0.1, -0.05) is 12.1 Å². The largest absolute Gasteiger partial charge is 0.461 e. The van der Waals surface area contributed by atoms with Crippen LogP contribution < -0.4 is 0 Å². The molecule has 0 bridgehead atoms. The second-order valence-electron chi connectivity index (χ2n) is 6.16. The van der Waals surface area contributed by atoms with Crippen molar-refractivity contribution in [3.63, 3.8) is 0 Å². The topological polar surface area (TPSA) is 91.7 Å². The molecule has 2 aromatic heterocycles. The molecule has 0 radical (unpaired) electrons. The molecule has 0 spiro atoms. The number of aromatic nitrogens is 2. The fraction of sp³-hybridized carbons (Fsp3) is 0.238. The van der Waals surface area contributed by atoms with Gasteiger partial charge >= 0.3 is 5.97 Å². The SMILES string of the molecule is CCOC(=O)c1ncc(Cn2c(C)c(C#N)c(-c3ccc(C#N)cc3)c2C)s1. The summed E-state index contributed by atoms with van der Waals surface area (Å²) in [6, 6.07) is 11.6. The third-order valence-corrected chi connectivity index (χ3v) is 5.48. The second-order valence-corrected chi connectivity index (χ2v) is 7.28. The van der Waals surface area contributed by atoms with Crippen molar-refractivity contribution in [1.82, 2.24) is 9.55 Å². The quantitative estimate of drug-likeness (QED) is 0.609. The Kier molecular flexibility index (Phi) is 5.58. The Morgan fingerprint density at radius 2 is 1.89 bits per heavy atom. The van der Waals surface area contributed by atoms with Gasteiger partial charge in [0, 0.05) is 28.0 Å². The molecule has 0 aliphatic heterocycles. The van der Waals surface area contributed by atoms with E-state index in [4.69, 9.17) is 10.00 Å². The molecule has 28 heavy (non-hydrogen) atoms. The molecule has 0 saturated carbocycles. The first-order valence-corrected chi connectivity index (χ1v) is 9.53. The van der Waals surface area contributed by atoms with Gasteiger partial charge < -0.3 is 9.30 Å². The lowest BCUT2D eigenvalue weighted by atomic mass is 10.0. The third kappa shape index (κ3) is 3.53. The Balaban J connectivity index is 1.99. The minimum atomic E-state index is -0.421. The smallest absolute Gasteiger partial charge is 0.367 e. The maximum Gasteiger partial charge on any atom is 0.367 e. The molecule has 3 aromatic rings. The monoisotopic (exact) mass is 390 g/mol. The fourth-order valence-corrected chi connectivity index (χ4v) is 3.94. The first-order chi connectivity index (χ1) is 13.5. The van der Waals surface area contributed by atoms with Gasteiger partial charge in [-0.3, -0.25) is 0 Å². The van der Waals surface area contributed by atoms with Crippen LogP contribution in [-0.2, 0) is 11.3 Å². The van der Waals surface area contributed by atoms with Crippen LogP contribution in [-0.4, -0.2) is 22.1 Å². The molecule has 0 aliphatic rings. The lowest BCUT2D eigenvalue weighted by Gasteiger charge is -2.08. The molecule has 140 valence electrons. The number of carbonyl (C=O) groups excluding carboxylic acids is 1. The van der Waals surface area contributed by atoms with Crippen molar-refractivity contribution in [2.75, 3.05) is 6.61 Å². The minimum Gasteiger partial charge on any atom is -0.461 e. The lowest BCUT2D eigenvalue weighted by molar-refractivity contribution is 0.0526. The van der Waals surface area contributed by atoms with Crippen LogP contribution in [0.1, 0.15) is 44.1 Å². The van der Waals surface area contributed by atoms with Gasteiger partial charge in [0.1, 0.15) is 6.07 Å². The first-order valence-electron chi connectivity index (χ1n) is 8.72. The van der Waals surface area contributed by atoms with Crippen LogP contribution >= 0.6 is 11.3 Å². The van der Waals surface area contributed by atoms with Gasteiger partial charge in [0.05, 0.1) is 30.3 Å². The van der Waals surface area contributed by atoms with E-state index in [1.807, 2.05) is 26.0 Å². The molecule has 0 amide bonds. The van der Waals surface area contributed by atoms with E-state index in [-0.39, 0.29) is 0 Å². The molecule has 0 saturated heterocycles. The first kappa shape index (κ1) is 19.3. The number of esters is 1. The van der Waals surface area contributed by atoms with Gasteiger partial charge in [0.15, 0.2) is 0 Å². The molecule has 2 heterocycles. The van der Waals surface area contributed by atoms with Crippen molar-refractivity contribution in [3.05, 3.63) is 62.9 Å². The summed E-state index contributed by atoms with van der Waals surface area (Å²) in [5.74, 6) is -0.421. The van der Waals surface area contributed by atoms with Gasteiger partial charge in [0.25, 0.3) is 0 Å². The van der Waals surface area contributed by atoms with Crippen molar-refractivity contribution >= 4 is 17.3 Å². The third-order valence-electron chi connectivity index (χ3n) is 4.52. The Bertz CT molecular complexity index is 1110. The van der Waals surface area contributed by atoms with Crippen LogP contribution in [0.4, 0.5) is 0 Å². The summed E-state index contributed by atoms with van der Waals surface area (Å²) < 4.78 is 7.04. The predicted molar refractivity (Wildman–Crippen MR) is 106 cm³/mol. The zero-order chi connectivity index (χ0) is 20.3. The molecular formula is C21H18N4O2S. The zero-order valence-corrected chi connectivity index (χ0v) is 16.6. The minimum absolute atomic E-state index is 0.309. The van der Waals surface area contributed by atoms with E-state index in [1.165, 1.54) is 11.3 Å². The van der Waals surface area contributed by atoms with Crippen LogP contribution in [0.2, 0.25) is 0 Å². The maximum absolute atomic E-state index is 11.8. The van der Waals surface area contributed by atoms with Gasteiger partial charge in [-0.15, -0.1) is 11.3 Å². The number of ether oxygens (including phenoxy) is 1. The average Bonchev–Trinajstić information content (AvgIpc) is 3.26. The van der Waals surface area contributed by atoms with Gasteiger partial charge in [-0.2, -0.15) is 10.5 Å². The Labute approximate surface area is 167 Å². The molecule has 7 heteroatoms. The Hall–Kier alpha value is -3.42. The number of hydrogen-bond donors (Lipinski definition) is 0. The van der Waals surface area contributed by atoms with E-state index in [9.17, 15) is 10.1 Å². The predicted octanol–water partition coefficient (Wildman–Crippen LogP) is 4.20. The van der Waals surface area contributed by atoms with Gasteiger partial charge in [-0.05, 0) is 38.5 Å². The van der Waals surface area contributed by atoms with Gasteiger partial charge in [0.2, 0.25) is 5.01 Å². The summed E-state index contributed by atoms with van der Waals surface area (Å²) in [5.41, 5.74) is 4.74. The molecule has 0 atom stereocenters. The molecule has 6 nitrogen and oxygen atoms in total. The number of carbonyl (C=O) groups is 1. The van der Waals surface area contributed by atoms with Crippen molar-refractivity contribution in [2.24, 2.45) is 0 Å². The van der Waals surface area contributed by atoms with E-state index in [0.717, 1.165) is 27.4 Å². The second kappa shape index (κ2) is 8.08. The van der Waals surface area contributed by atoms with Crippen LogP contribution in [0.3, 0.4) is 0 Å². The number of rotatable bonds is 5. The van der Waals surface area contributed by atoms with Gasteiger partial charge in [-0.25, -0.2) is 9.78 Å². The van der Waals surface area contributed by atoms with Crippen molar-refractivity contribution in [2.45, 2.75) is 27.3 Å². The molecule has 0 unspecified atom stereocenters. The highest BCUT2D eigenvalue weighted by atomic mass is 32.1. The fourth-order valence-electron chi connectivity index (χ4n) is 3.15. The summed E-state index contributed by atoms with van der Waals surface area (Å²) in [6.07, 6.45) is 1.67. The van der Waals surface area contributed by atoms with Crippen LogP contribution in [0.25, 0.3) is 11.1 Å². The number of nitrogens with zero attached hydrogens (tertiary/aromatic N) is 4. The highest BCUT2D eigenvalue weighted by molar-refractivity contribution is 7.13. The van der Waals surface area contributed by atoms with Crippen molar-refractivity contribution < 1.29 is 9.53 Å². The normalized spacial score (nSPS) is 10.3. The molecule has 3 rings (SSSR count). The van der Waals surface area contributed by atoms with Crippen molar-refractivity contribution in [3.8, 4) is 23.3 Å². The van der Waals surface area contributed by atoms with E-state index in [1.54, 1.807) is 25.3 Å². The van der Waals surface area contributed by atoms with Crippen LogP contribution in [0.5, 0.6) is 0 Å². The summed E-state index contributed by atoms with van der Waals surface area (Å²) in [7, 11) is 0. The van der Waals surface area contributed by atoms with Crippen LogP contribution in [0, 0.1) is 36.5 Å².